The number of benzene rings is 4. The fourth-order valence-corrected chi connectivity index (χ4v) is 7.20. The molecular weight excluding hydrogens is 424 g/mol. The first-order valence-corrected chi connectivity index (χ1v) is 12.6. The van der Waals surface area contributed by atoms with Crippen molar-refractivity contribution in [3.8, 4) is 22.3 Å². The van der Waals surface area contributed by atoms with Crippen molar-refractivity contribution in [2.24, 2.45) is 0 Å². The lowest BCUT2D eigenvalue weighted by Gasteiger charge is -2.40. The van der Waals surface area contributed by atoms with Crippen LogP contribution >= 0.6 is 0 Å². The SMILES string of the molecule is c1ccc2c(c1)Cc1c-2ccc2c1-c1cc3c4c(c1C2)Cc1ccncc1N4c1ccccc1C3. The molecule has 0 bridgehead atoms. The summed E-state index contributed by atoms with van der Waals surface area (Å²) in [7, 11) is 0. The highest BCUT2D eigenvalue weighted by atomic mass is 15.2. The van der Waals surface area contributed by atoms with E-state index in [1.54, 1.807) is 0 Å². The summed E-state index contributed by atoms with van der Waals surface area (Å²) in [6.45, 7) is 0. The van der Waals surface area contributed by atoms with Crippen LogP contribution in [0.1, 0.15) is 44.5 Å². The minimum absolute atomic E-state index is 0.985. The van der Waals surface area contributed by atoms with Crippen molar-refractivity contribution in [3.05, 3.63) is 130 Å². The van der Waals surface area contributed by atoms with Gasteiger partial charge in [0.15, 0.2) is 0 Å². The van der Waals surface area contributed by atoms with Gasteiger partial charge in [0.2, 0.25) is 0 Å². The molecule has 0 saturated carbocycles. The van der Waals surface area contributed by atoms with E-state index >= 15 is 0 Å². The van der Waals surface area contributed by atoms with E-state index < -0.39 is 0 Å². The van der Waals surface area contributed by atoms with E-state index in [0.29, 0.717) is 0 Å². The maximum Gasteiger partial charge on any atom is 0.0680 e. The van der Waals surface area contributed by atoms with Crippen LogP contribution in [-0.2, 0) is 25.7 Å². The predicted molar refractivity (Wildman–Crippen MR) is 141 cm³/mol. The van der Waals surface area contributed by atoms with Gasteiger partial charge >= 0.3 is 0 Å². The Morgan fingerprint density at radius 1 is 0.543 bits per heavy atom. The summed E-state index contributed by atoms with van der Waals surface area (Å²) in [5.41, 5.74) is 21.6. The molecule has 0 fully saturated rings. The van der Waals surface area contributed by atoms with Crippen LogP contribution in [0.5, 0.6) is 0 Å². The monoisotopic (exact) mass is 446 g/mol. The number of aromatic nitrogens is 1. The van der Waals surface area contributed by atoms with E-state index in [1.807, 2.05) is 6.20 Å². The lowest BCUT2D eigenvalue weighted by Crippen LogP contribution is -2.25. The van der Waals surface area contributed by atoms with Crippen LogP contribution in [0.2, 0.25) is 0 Å². The summed E-state index contributed by atoms with van der Waals surface area (Å²) in [6.07, 6.45) is 8.05. The summed E-state index contributed by atoms with van der Waals surface area (Å²) in [5, 5.41) is 0. The quantitative estimate of drug-likeness (QED) is 0.240. The molecule has 3 heterocycles. The van der Waals surface area contributed by atoms with Crippen LogP contribution in [-0.4, -0.2) is 4.98 Å². The zero-order chi connectivity index (χ0) is 22.7. The van der Waals surface area contributed by atoms with Crippen LogP contribution in [0.3, 0.4) is 0 Å². The largest absolute Gasteiger partial charge is 0.308 e. The van der Waals surface area contributed by atoms with E-state index in [0.717, 1.165) is 25.7 Å². The normalized spacial score (nSPS) is 14.9. The fraction of sp³-hybridized carbons (Fsp3) is 0.121. The molecule has 2 nitrogen and oxygen atoms in total. The Kier molecular flexibility index (Phi) is 3.27. The molecule has 2 aliphatic heterocycles. The highest BCUT2D eigenvalue weighted by Crippen LogP contribution is 2.56. The Bertz CT molecular complexity index is 1750. The fourth-order valence-electron chi connectivity index (χ4n) is 7.20. The number of hydrogen-bond donors (Lipinski definition) is 0. The van der Waals surface area contributed by atoms with Crippen LogP contribution in [0.25, 0.3) is 22.3 Å². The van der Waals surface area contributed by atoms with Gasteiger partial charge in [-0.05, 0) is 97.8 Å². The van der Waals surface area contributed by atoms with E-state index in [1.165, 1.54) is 83.8 Å². The molecular formula is C33H22N2. The molecule has 4 aromatic carbocycles. The van der Waals surface area contributed by atoms with Crippen LogP contribution < -0.4 is 4.90 Å². The molecule has 0 spiro atoms. The predicted octanol–water partition coefficient (Wildman–Crippen LogP) is 7.50. The van der Waals surface area contributed by atoms with Crippen LogP contribution in [0.4, 0.5) is 17.1 Å². The standard InChI is InChI=1S/C33H22N2/c1-3-7-24-19(5-1)14-27-25(24)10-9-22-16-26-28(32(22)27)17-23-13-20-6-2-4-8-30(20)35-31-18-34-12-11-21(31)15-29(26)33(23)35/h1-12,17-18H,13-16H2. The molecule has 5 aromatic rings. The molecule has 2 heteroatoms. The maximum absolute atomic E-state index is 4.52. The molecule has 0 unspecified atom stereocenters. The summed E-state index contributed by atoms with van der Waals surface area (Å²) < 4.78 is 0. The van der Waals surface area contributed by atoms with Crippen molar-refractivity contribution in [1.82, 2.24) is 4.98 Å². The second-order valence-corrected chi connectivity index (χ2v) is 10.3. The van der Waals surface area contributed by atoms with Crippen molar-refractivity contribution in [2.45, 2.75) is 25.7 Å². The maximum atomic E-state index is 4.52. The number of fused-ring (bicyclic) bond motifs is 12. The van der Waals surface area contributed by atoms with E-state index in [9.17, 15) is 0 Å². The minimum Gasteiger partial charge on any atom is -0.308 e. The Morgan fingerprint density at radius 3 is 2.31 bits per heavy atom. The molecule has 164 valence electrons. The highest BCUT2D eigenvalue weighted by Gasteiger charge is 2.37. The van der Waals surface area contributed by atoms with Crippen molar-refractivity contribution in [3.63, 3.8) is 0 Å². The average molecular weight is 447 g/mol. The summed E-state index contributed by atoms with van der Waals surface area (Å²) in [5.74, 6) is 0. The zero-order valence-electron chi connectivity index (χ0n) is 19.3. The van der Waals surface area contributed by atoms with E-state index in [2.05, 4.69) is 88.9 Å². The van der Waals surface area contributed by atoms with Gasteiger partial charge < -0.3 is 4.90 Å². The third-order valence-corrected chi connectivity index (χ3v) is 8.64. The molecule has 0 N–H and O–H groups in total. The van der Waals surface area contributed by atoms with Gasteiger partial charge in [-0.3, -0.25) is 4.98 Å². The Hall–Kier alpha value is -4.17. The lowest BCUT2D eigenvalue weighted by molar-refractivity contribution is 0.985. The molecule has 9 rings (SSSR count). The Balaban J connectivity index is 1.33. The summed E-state index contributed by atoms with van der Waals surface area (Å²) >= 11 is 0. The topological polar surface area (TPSA) is 16.1 Å². The van der Waals surface area contributed by atoms with Gasteiger partial charge in [0, 0.05) is 24.7 Å². The Labute approximate surface area is 204 Å². The molecule has 0 atom stereocenters. The smallest absolute Gasteiger partial charge is 0.0680 e. The van der Waals surface area contributed by atoms with Gasteiger partial charge in [-0.25, -0.2) is 0 Å². The Morgan fingerprint density at radius 2 is 1.34 bits per heavy atom. The molecule has 35 heavy (non-hydrogen) atoms. The number of rotatable bonds is 0. The molecule has 1 aromatic heterocycles. The van der Waals surface area contributed by atoms with Gasteiger partial charge in [-0.2, -0.15) is 0 Å². The zero-order valence-corrected chi connectivity index (χ0v) is 19.3. The van der Waals surface area contributed by atoms with Crippen molar-refractivity contribution in [2.75, 3.05) is 4.90 Å². The number of para-hydroxylation sites is 1. The number of hydrogen-bond acceptors (Lipinski definition) is 2. The molecule has 0 saturated heterocycles. The van der Waals surface area contributed by atoms with Crippen LogP contribution in [0.15, 0.2) is 85.2 Å². The van der Waals surface area contributed by atoms with Crippen molar-refractivity contribution in [1.29, 1.82) is 0 Å². The van der Waals surface area contributed by atoms with Crippen molar-refractivity contribution < 1.29 is 0 Å². The molecule has 0 amide bonds. The van der Waals surface area contributed by atoms with E-state index in [4.69, 9.17) is 0 Å². The third-order valence-electron chi connectivity index (χ3n) is 8.64. The van der Waals surface area contributed by atoms with Gasteiger partial charge in [-0.15, -0.1) is 0 Å². The van der Waals surface area contributed by atoms with Gasteiger partial charge in [0.25, 0.3) is 0 Å². The number of nitrogens with zero attached hydrogens (tertiary/aromatic N) is 2. The van der Waals surface area contributed by atoms with Gasteiger partial charge in [-0.1, -0.05) is 54.6 Å². The molecule has 0 radical (unpaired) electrons. The lowest BCUT2D eigenvalue weighted by atomic mass is 9.82. The minimum atomic E-state index is 0.985. The third kappa shape index (κ3) is 2.23. The summed E-state index contributed by atoms with van der Waals surface area (Å²) in [4.78, 5) is 7.02. The van der Waals surface area contributed by atoms with Crippen LogP contribution in [0, 0.1) is 0 Å². The number of anilines is 3. The van der Waals surface area contributed by atoms with Gasteiger partial charge in [0.1, 0.15) is 0 Å². The van der Waals surface area contributed by atoms with Gasteiger partial charge in [0.05, 0.1) is 17.6 Å². The molecule has 4 aliphatic rings. The second kappa shape index (κ2) is 6.28. The van der Waals surface area contributed by atoms with Crippen molar-refractivity contribution >= 4 is 17.1 Å². The average Bonchev–Trinajstić information content (AvgIpc) is 3.47. The molecule has 2 aliphatic carbocycles. The second-order valence-electron chi connectivity index (χ2n) is 10.3. The number of pyridine rings is 1. The first kappa shape index (κ1) is 18.2. The summed E-state index contributed by atoms with van der Waals surface area (Å²) in [6, 6.07) is 27.4. The first-order chi connectivity index (χ1) is 17.3. The highest BCUT2D eigenvalue weighted by molar-refractivity contribution is 5.96. The first-order valence-electron chi connectivity index (χ1n) is 12.6. The van der Waals surface area contributed by atoms with E-state index in [-0.39, 0.29) is 0 Å².